The zero-order valence-electron chi connectivity index (χ0n) is 11.4. The second-order valence-corrected chi connectivity index (χ2v) is 4.55. The van der Waals surface area contributed by atoms with Crippen LogP contribution < -0.4 is 16.6 Å². The fraction of sp³-hybridized carbons (Fsp3) is 0.818. The molecule has 0 aliphatic carbocycles. The molecule has 124 valence electrons. The third-order valence-corrected chi connectivity index (χ3v) is 2.89. The smallest absolute Gasteiger partial charge is 0.220 e. The van der Waals surface area contributed by atoms with E-state index in [-0.39, 0.29) is 19.4 Å². The molecule has 0 aliphatic rings. The summed E-state index contributed by atoms with van der Waals surface area (Å²) < 4.78 is 0. The average molecular weight is 309 g/mol. The van der Waals surface area contributed by atoms with E-state index in [1.165, 1.54) is 0 Å². The largest absolute Gasteiger partial charge is 0.394 e. The third-order valence-electron chi connectivity index (χ3n) is 2.89. The van der Waals surface area contributed by atoms with Gasteiger partial charge in [0.1, 0.15) is 24.6 Å². The molecular weight excluding hydrogens is 286 g/mol. The van der Waals surface area contributed by atoms with Crippen LogP contribution in [0, 0.1) is 0 Å². The van der Waals surface area contributed by atoms with Gasteiger partial charge in [-0.05, 0) is 6.42 Å². The Bertz CT molecular complexity index is 318. The van der Waals surface area contributed by atoms with Gasteiger partial charge in [-0.15, -0.1) is 0 Å². The number of nitrogens with one attached hydrogen (secondary N) is 2. The van der Waals surface area contributed by atoms with Gasteiger partial charge in [0.05, 0.1) is 18.8 Å². The maximum absolute atomic E-state index is 11.4. The van der Waals surface area contributed by atoms with E-state index in [1.807, 2.05) is 0 Å². The topological polar surface area (TPSA) is 185 Å². The summed E-state index contributed by atoms with van der Waals surface area (Å²) in [4.78, 5) is 21.9. The molecule has 5 unspecified atom stereocenters. The molecule has 0 radical (unpaired) electrons. The predicted octanol–water partition coefficient (Wildman–Crippen LogP) is -4.65. The summed E-state index contributed by atoms with van der Waals surface area (Å²) in [6.07, 6.45) is -5.93. The molecule has 0 saturated heterocycles. The highest BCUT2D eigenvalue weighted by Gasteiger charge is 2.30. The molecule has 0 aromatic carbocycles. The standard InChI is InChI=1S/C11H23N3O7/c12-14-6(4-15)1-2-9(19)13-3-7(17)10(20)11(21)8(18)5-16/h4,6-8,10-11,14,16-18,20-21H,1-3,5,12H2,(H,13,19). The third kappa shape index (κ3) is 7.43. The number of hydrazine groups is 1. The summed E-state index contributed by atoms with van der Waals surface area (Å²) in [6.45, 7) is -1.15. The number of carbonyl (C=O) groups is 2. The highest BCUT2D eigenvalue weighted by molar-refractivity contribution is 5.76. The number of aliphatic hydroxyl groups is 5. The first-order valence-electron chi connectivity index (χ1n) is 6.38. The van der Waals surface area contributed by atoms with Gasteiger partial charge >= 0.3 is 0 Å². The SMILES string of the molecule is NNC(C=O)CCC(=O)NCC(O)C(O)C(O)C(O)CO. The molecule has 0 saturated carbocycles. The van der Waals surface area contributed by atoms with Crippen LogP contribution in [0.15, 0.2) is 0 Å². The van der Waals surface area contributed by atoms with Crippen molar-refractivity contribution in [3.8, 4) is 0 Å². The van der Waals surface area contributed by atoms with E-state index < -0.39 is 43.0 Å². The maximum atomic E-state index is 11.4. The first kappa shape index (κ1) is 19.9. The fourth-order valence-corrected chi connectivity index (χ4v) is 1.47. The van der Waals surface area contributed by atoms with Crippen LogP contribution in [-0.2, 0) is 9.59 Å². The van der Waals surface area contributed by atoms with E-state index in [0.29, 0.717) is 6.29 Å². The number of nitrogens with two attached hydrogens (primary N) is 1. The van der Waals surface area contributed by atoms with Crippen LogP contribution >= 0.6 is 0 Å². The van der Waals surface area contributed by atoms with E-state index in [2.05, 4.69) is 10.7 Å². The molecule has 0 aromatic rings. The number of hydrogen-bond donors (Lipinski definition) is 8. The normalized spacial score (nSPS) is 18.4. The first-order chi connectivity index (χ1) is 9.87. The Balaban J connectivity index is 4.08. The molecule has 9 N–H and O–H groups in total. The monoisotopic (exact) mass is 309 g/mol. The molecule has 0 aliphatic heterocycles. The Morgan fingerprint density at radius 1 is 1.14 bits per heavy atom. The Hall–Kier alpha value is -1.14. The van der Waals surface area contributed by atoms with Gasteiger partial charge in [0.2, 0.25) is 5.91 Å². The fourth-order valence-electron chi connectivity index (χ4n) is 1.47. The zero-order valence-corrected chi connectivity index (χ0v) is 11.4. The first-order valence-corrected chi connectivity index (χ1v) is 6.38. The molecule has 10 nitrogen and oxygen atoms in total. The molecular formula is C11H23N3O7. The summed E-state index contributed by atoms with van der Waals surface area (Å²) in [5, 5.41) is 48.4. The van der Waals surface area contributed by atoms with Crippen LogP contribution in [0.2, 0.25) is 0 Å². The molecule has 1 amide bonds. The van der Waals surface area contributed by atoms with Gasteiger partial charge in [-0.2, -0.15) is 0 Å². The summed E-state index contributed by atoms with van der Waals surface area (Å²) in [5.41, 5.74) is 2.20. The highest BCUT2D eigenvalue weighted by Crippen LogP contribution is 2.04. The highest BCUT2D eigenvalue weighted by atomic mass is 16.4. The molecule has 0 bridgehead atoms. The van der Waals surface area contributed by atoms with Crippen LogP contribution in [0.5, 0.6) is 0 Å². The number of aliphatic hydroxyl groups excluding tert-OH is 5. The van der Waals surface area contributed by atoms with Crippen molar-refractivity contribution in [1.82, 2.24) is 10.7 Å². The second kappa shape index (κ2) is 10.6. The van der Waals surface area contributed by atoms with Crippen molar-refractivity contribution in [2.45, 2.75) is 43.3 Å². The van der Waals surface area contributed by atoms with Gasteiger partial charge in [-0.25, -0.2) is 0 Å². The summed E-state index contributed by atoms with van der Waals surface area (Å²) in [5.74, 6) is 4.56. The molecule has 0 spiro atoms. The number of aldehydes is 1. The molecule has 5 atom stereocenters. The van der Waals surface area contributed by atoms with E-state index >= 15 is 0 Å². The minimum atomic E-state index is -1.75. The minimum absolute atomic E-state index is 0.0295. The average Bonchev–Trinajstić information content (AvgIpc) is 2.51. The van der Waals surface area contributed by atoms with Crippen molar-refractivity contribution >= 4 is 12.2 Å². The number of rotatable bonds is 11. The lowest BCUT2D eigenvalue weighted by atomic mass is 10.0. The van der Waals surface area contributed by atoms with Crippen LogP contribution in [0.4, 0.5) is 0 Å². The summed E-state index contributed by atoms with van der Waals surface area (Å²) >= 11 is 0. The molecule has 0 rings (SSSR count). The molecule has 21 heavy (non-hydrogen) atoms. The molecule has 10 heteroatoms. The summed E-state index contributed by atoms with van der Waals surface area (Å²) in [6, 6.07) is -0.659. The number of carbonyl (C=O) groups excluding carboxylic acids is 2. The van der Waals surface area contributed by atoms with E-state index in [0.717, 1.165) is 0 Å². The van der Waals surface area contributed by atoms with Crippen LogP contribution in [0.25, 0.3) is 0 Å². The second-order valence-electron chi connectivity index (χ2n) is 4.55. The zero-order chi connectivity index (χ0) is 16.4. The predicted molar refractivity (Wildman–Crippen MR) is 70.5 cm³/mol. The van der Waals surface area contributed by atoms with Crippen molar-refractivity contribution in [3.63, 3.8) is 0 Å². The van der Waals surface area contributed by atoms with Crippen molar-refractivity contribution in [2.24, 2.45) is 5.84 Å². The molecule has 0 fully saturated rings. The Morgan fingerprint density at radius 3 is 2.19 bits per heavy atom. The Kier molecular flexibility index (Phi) is 9.99. The Labute approximate surface area is 121 Å². The van der Waals surface area contributed by atoms with Crippen LogP contribution in [0.3, 0.4) is 0 Å². The molecule has 0 aromatic heterocycles. The van der Waals surface area contributed by atoms with Crippen LogP contribution in [-0.4, -0.2) is 81.3 Å². The van der Waals surface area contributed by atoms with Crippen molar-refractivity contribution < 1.29 is 35.1 Å². The number of hydrogen-bond acceptors (Lipinski definition) is 9. The Morgan fingerprint density at radius 2 is 1.71 bits per heavy atom. The lowest BCUT2D eigenvalue weighted by Gasteiger charge is -2.25. The van der Waals surface area contributed by atoms with E-state index in [1.54, 1.807) is 0 Å². The van der Waals surface area contributed by atoms with Gasteiger partial charge in [-0.1, -0.05) is 0 Å². The molecule has 0 heterocycles. The van der Waals surface area contributed by atoms with Gasteiger partial charge in [0, 0.05) is 13.0 Å². The van der Waals surface area contributed by atoms with E-state index in [9.17, 15) is 24.9 Å². The van der Waals surface area contributed by atoms with Crippen molar-refractivity contribution in [3.05, 3.63) is 0 Å². The van der Waals surface area contributed by atoms with E-state index in [4.69, 9.17) is 16.1 Å². The lowest BCUT2D eigenvalue weighted by molar-refractivity contribution is -0.126. The van der Waals surface area contributed by atoms with Gasteiger partial charge in [-0.3, -0.25) is 16.1 Å². The van der Waals surface area contributed by atoms with Crippen LogP contribution in [0.1, 0.15) is 12.8 Å². The minimum Gasteiger partial charge on any atom is -0.394 e. The number of amides is 1. The summed E-state index contributed by atoms with van der Waals surface area (Å²) in [7, 11) is 0. The quantitative estimate of drug-likeness (QED) is 0.105. The van der Waals surface area contributed by atoms with Crippen molar-refractivity contribution in [1.29, 1.82) is 0 Å². The van der Waals surface area contributed by atoms with Crippen molar-refractivity contribution in [2.75, 3.05) is 13.2 Å². The van der Waals surface area contributed by atoms with Gasteiger partial charge in [0.25, 0.3) is 0 Å². The van der Waals surface area contributed by atoms with Gasteiger partial charge in [0.15, 0.2) is 0 Å². The van der Waals surface area contributed by atoms with Gasteiger partial charge < -0.3 is 35.6 Å². The maximum Gasteiger partial charge on any atom is 0.220 e. The lowest BCUT2D eigenvalue weighted by Crippen LogP contribution is -2.49.